The van der Waals surface area contributed by atoms with Crippen LogP contribution in [0.1, 0.15) is 44.7 Å². The van der Waals surface area contributed by atoms with E-state index in [-0.39, 0.29) is 17.4 Å². The molecule has 1 N–H and O–H groups in total. The third kappa shape index (κ3) is 5.98. The van der Waals surface area contributed by atoms with Crippen molar-refractivity contribution in [3.63, 3.8) is 0 Å². The minimum Gasteiger partial charge on any atom is -0.341 e. The minimum absolute atomic E-state index is 0.0269. The molecule has 1 heterocycles. The van der Waals surface area contributed by atoms with Crippen molar-refractivity contribution in [2.45, 2.75) is 33.6 Å². The lowest BCUT2D eigenvalue weighted by Crippen LogP contribution is -2.40. The van der Waals surface area contributed by atoms with Crippen LogP contribution in [-0.4, -0.2) is 47.9 Å². The molecule has 2 rings (SSSR count). The van der Waals surface area contributed by atoms with Gasteiger partial charge in [-0.1, -0.05) is 52.1 Å². The van der Waals surface area contributed by atoms with Crippen molar-refractivity contribution in [3.05, 3.63) is 42.5 Å². The van der Waals surface area contributed by atoms with Crippen molar-refractivity contribution in [2.75, 3.05) is 31.5 Å². The van der Waals surface area contributed by atoms with Gasteiger partial charge in [0.15, 0.2) is 0 Å². The Kier molecular flexibility index (Phi) is 6.83. The fourth-order valence-electron chi connectivity index (χ4n) is 3.15. The van der Waals surface area contributed by atoms with E-state index in [0.29, 0.717) is 32.6 Å². The van der Waals surface area contributed by atoms with Gasteiger partial charge in [-0.15, -0.1) is 0 Å². The van der Waals surface area contributed by atoms with E-state index in [0.717, 1.165) is 23.2 Å². The minimum atomic E-state index is -0.138. The zero-order valence-electron chi connectivity index (χ0n) is 16.8. The van der Waals surface area contributed by atoms with Crippen LogP contribution in [0.25, 0.3) is 12.2 Å². The summed E-state index contributed by atoms with van der Waals surface area (Å²) in [6.45, 7) is 16.3. The van der Waals surface area contributed by atoms with E-state index in [1.54, 1.807) is 17.1 Å². The van der Waals surface area contributed by atoms with Gasteiger partial charge in [-0.25, -0.2) is 4.79 Å². The maximum absolute atomic E-state index is 12.6. The third-order valence-corrected chi connectivity index (χ3v) is 4.60. The number of nitrogens with zero attached hydrogens (tertiary/aromatic N) is 2. The lowest BCUT2D eigenvalue weighted by atomic mass is 9.91. The molecule has 1 aromatic carbocycles. The van der Waals surface area contributed by atoms with Gasteiger partial charge in [0.05, 0.1) is 0 Å². The average Bonchev–Trinajstić information content (AvgIpc) is 2.86. The summed E-state index contributed by atoms with van der Waals surface area (Å²) in [7, 11) is 0. The number of amides is 3. The molecule has 0 bridgehead atoms. The Morgan fingerprint density at radius 2 is 1.67 bits per heavy atom. The first kappa shape index (κ1) is 20.7. The predicted molar refractivity (Wildman–Crippen MR) is 112 cm³/mol. The topological polar surface area (TPSA) is 52.7 Å². The molecule has 0 saturated carbocycles. The fourth-order valence-corrected chi connectivity index (χ4v) is 3.15. The van der Waals surface area contributed by atoms with Crippen LogP contribution >= 0.6 is 0 Å². The molecule has 0 aliphatic carbocycles. The van der Waals surface area contributed by atoms with Crippen LogP contribution in [0.5, 0.6) is 0 Å². The largest absolute Gasteiger partial charge is 0.341 e. The Bertz CT molecular complexity index is 719. The van der Waals surface area contributed by atoms with Crippen molar-refractivity contribution in [2.24, 2.45) is 5.41 Å². The molecule has 1 aliphatic heterocycles. The Balaban J connectivity index is 1.97. The molecule has 1 aliphatic rings. The standard InChI is InChI=1S/C22H31N3O2/c1-6-17-9-10-19(15-18(17)7-2)23-21(27)25-12-8-11-24(13-14-25)20(26)16-22(3,4)5/h6-7,9-10,15H,1-2,8,11-14,16H2,3-5H3,(H,23,27). The maximum atomic E-state index is 12.6. The first-order chi connectivity index (χ1) is 12.7. The smallest absolute Gasteiger partial charge is 0.321 e. The number of carbonyl (C=O) groups is 2. The van der Waals surface area contributed by atoms with E-state index >= 15 is 0 Å². The monoisotopic (exact) mass is 369 g/mol. The number of rotatable bonds is 4. The molecule has 0 radical (unpaired) electrons. The predicted octanol–water partition coefficient (Wildman–Crippen LogP) is 4.48. The van der Waals surface area contributed by atoms with Gasteiger partial charge < -0.3 is 15.1 Å². The molecule has 1 saturated heterocycles. The van der Waals surface area contributed by atoms with Crippen LogP contribution in [0.2, 0.25) is 0 Å². The van der Waals surface area contributed by atoms with E-state index < -0.39 is 0 Å². The van der Waals surface area contributed by atoms with Crippen molar-refractivity contribution < 1.29 is 9.59 Å². The maximum Gasteiger partial charge on any atom is 0.321 e. The molecule has 0 unspecified atom stereocenters. The van der Waals surface area contributed by atoms with E-state index in [1.165, 1.54) is 0 Å². The van der Waals surface area contributed by atoms with Gasteiger partial charge in [0, 0.05) is 38.3 Å². The van der Waals surface area contributed by atoms with Crippen LogP contribution in [0, 0.1) is 5.41 Å². The Morgan fingerprint density at radius 1 is 1.04 bits per heavy atom. The van der Waals surface area contributed by atoms with Gasteiger partial charge in [0.1, 0.15) is 0 Å². The number of benzene rings is 1. The van der Waals surface area contributed by atoms with Crippen LogP contribution < -0.4 is 5.32 Å². The molecule has 5 heteroatoms. The second-order valence-electron chi connectivity index (χ2n) is 8.14. The Hall–Kier alpha value is -2.56. The van der Waals surface area contributed by atoms with E-state index in [4.69, 9.17) is 0 Å². The van der Waals surface area contributed by atoms with Gasteiger partial charge in [-0.2, -0.15) is 0 Å². The Labute approximate surface area is 162 Å². The third-order valence-electron chi connectivity index (χ3n) is 4.60. The van der Waals surface area contributed by atoms with Crippen molar-refractivity contribution in [3.8, 4) is 0 Å². The van der Waals surface area contributed by atoms with Crippen molar-refractivity contribution >= 4 is 29.8 Å². The molecule has 27 heavy (non-hydrogen) atoms. The SMILES string of the molecule is C=Cc1ccc(NC(=O)N2CCCN(C(=O)CC(C)(C)C)CC2)cc1C=C. The van der Waals surface area contributed by atoms with Crippen LogP contribution in [0.3, 0.4) is 0 Å². The highest BCUT2D eigenvalue weighted by Crippen LogP contribution is 2.21. The summed E-state index contributed by atoms with van der Waals surface area (Å²) in [5.74, 6) is 0.167. The molecular formula is C22H31N3O2. The average molecular weight is 370 g/mol. The number of carbonyl (C=O) groups excluding carboxylic acids is 2. The van der Waals surface area contributed by atoms with Crippen LogP contribution in [0.4, 0.5) is 10.5 Å². The zero-order valence-corrected chi connectivity index (χ0v) is 16.8. The molecule has 3 amide bonds. The molecule has 5 nitrogen and oxygen atoms in total. The molecular weight excluding hydrogens is 338 g/mol. The highest BCUT2D eigenvalue weighted by Gasteiger charge is 2.25. The number of hydrogen-bond acceptors (Lipinski definition) is 2. The molecule has 0 spiro atoms. The summed E-state index contributed by atoms with van der Waals surface area (Å²) in [4.78, 5) is 28.8. The molecule has 0 atom stereocenters. The zero-order chi connectivity index (χ0) is 20.0. The van der Waals surface area contributed by atoms with E-state index in [9.17, 15) is 9.59 Å². The number of hydrogen-bond donors (Lipinski definition) is 1. The first-order valence-electron chi connectivity index (χ1n) is 9.46. The number of urea groups is 1. The van der Waals surface area contributed by atoms with Gasteiger partial charge >= 0.3 is 6.03 Å². The normalized spacial score (nSPS) is 15.1. The molecule has 1 fully saturated rings. The number of nitrogens with one attached hydrogen (secondary N) is 1. The van der Waals surface area contributed by atoms with Crippen LogP contribution in [0.15, 0.2) is 31.4 Å². The summed E-state index contributed by atoms with van der Waals surface area (Å²) in [5.41, 5.74) is 2.61. The Morgan fingerprint density at radius 3 is 2.30 bits per heavy atom. The fraction of sp³-hybridized carbons (Fsp3) is 0.455. The number of anilines is 1. The van der Waals surface area contributed by atoms with Crippen molar-refractivity contribution in [1.82, 2.24) is 9.80 Å². The van der Waals surface area contributed by atoms with Crippen molar-refractivity contribution in [1.29, 1.82) is 0 Å². The van der Waals surface area contributed by atoms with Crippen LogP contribution in [-0.2, 0) is 4.79 Å². The summed E-state index contributed by atoms with van der Waals surface area (Å²) in [6, 6.07) is 5.52. The van der Waals surface area contributed by atoms with Gasteiger partial charge in [-0.05, 0) is 35.1 Å². The summed E-state index contributed by atoms with van der Waals surface area (Å²) in [6.07, 6.45) is 4.83. The van der Waals surface area contributed by atoms with Gasteiger partial charge in [-0.3, -0.25) is 4.79 Å². The second-order valence-corrected chi connectivity index (χ2v) is 8.14. The highest BCUT2D eigenvalue weighted by atomic mass is 16.2. The molecule has 0 aromatic heterocycles. The molecule has 146 valence electrons. The quantitative estimate of drug-likeness (QED) is 0.851. The van der Waals surface area contributed by atoms with Gasteiger partial charge in [0.2, 0.25) is 5.91 Å². The first-order valence-corrected chi connectivity index (χ1v) is 9.46. The highest BCUT2D eigenvalue weighted by molar-refractivity contribution is 5.90. The summed E-state index contributed by atoms with van der Waals surface area (Å²) >= 11 is 0. The second kappa shape index (κ2) is 8.89. The molecule has 1 aromatic rings. The van der Waals surface area contributed by atoms with Gasteiger partial charge in [0.25, 0.3) is 0 Å². The summed E-state index contributed by atoms with van der Waals surface area (Å²) < 4.78 is 0. The van der Waals surface area contributed by atoms with E-state index in [2.05, 4.69) is 39.2 Å². The van der Waals surface area contributed by atoms with E-state index in [1.807, 2.05) is 23.1 Å². The summed E-state index contributed by atoms with van der Waals surface area (Å²) in [5, 5.41) is 2.95. The lowest BCUT2D eigenvalue weighted by Gasteiger charge is -2.26. The lowest BCUT2D eigenvalue weighted by molar-refractivity contribution is -0.132.